The van der Waals surface area contributed by atoms with E-state index in [-0.39, 0.29) is 16.6 Å². The van der Waals surface area contributed by atoms with E-state index in [2.05, 4.69) is 30.5 Å². The van der Waals surface area contributed by atoms with Crippen LogP contribution >= 0.6 is 11.6 Å². The van der Waals surface area contributed by atoms with Crippen molar-refractivity contribution in [3.05, 3.63) is 39.0 Å². The van der Waals surface area contributed by atoms with Crippen LogP contribution in [0.5, 0.6) is 0 Å². The van der Waals surface area contributed by atoms with Crippen LogP contribution in [0.15, 0.2) is 17.2 Å². The zero-order chi connectivity index (χ0) is 15.9. The molecule has 2 aromatic heterocycles. The van der Waals surface area contributed by atoms with E-state index in [1.54, 1.807) is 13.2 Å². The van der Waals surface area contributed by atoms with Gasteiger partial charge in [0.05, 0.1) is 23.6 Å². The third kappa shape index (κ3) is 2.63. The van der Waals surface area contributed by atoms with E-state index in [1.807, 2.05) is 4.68 Å². The fourth-order valence-corrected chi connectivity index (χ4v) is 2.99. The predicted octanol–water partition coefficient (Wildman–Crippen LogP) is 2.70. The Labute approximate surface area is 134 Å². The van der Waals surface area contributed by atoms with Crippen LogP contribution < -0.4 is 10.9 Å². The number of anilines is 1. The fraction of sp³-hybridized carbons (Fsp3) is 0.533. The van der Waals surface area contributed by atoms with Gasteiger partial charge in [0, 0.05) is 19.3 Å². The van der Waals surface area contributed by atoms with Crippen molar-refractivity contribution in [2.45, 2.75) is 45.2 Å². The maximum Gasteiger partial charge on any atom is 0.287 e. The van der Waals surface area contributed by atoms with Gasteiger partial charge in [0.25, 0.3) is 5.56 Å². The number of nitrogens with zero attached hydrogens (tertiary/aromatic N) is 4. The molecular weight excluding hydrogens is 302 g/mol. The molecule has 0 spiro atoms. The second kappa shape index (κ2) is 5.76. The molecule has 1 aliphatic rings. The van der Waals surface area contributed by atoms with E-state index in [0.717, 1.165) is 25.0 Å². The van der Waals surface area contributed by atoms with Gasteiger partial charge in [-0.2, -0.15) is 10.2 Å². The number of aromatic nitrogens is 4. The third-order valence-corrected chi connectivity index (χ3v) is 4.41. The molecule has 1 atom stereocenters. The predicted molar refractivity (Wildman–Crippen MR) is 86.4 cm³/mol. The summed E-state index contributed by atoms with van der Waals surface area (Å²) in [7, 11) is 1.58. The summed E-state index contributed by atoms with van der Waals surface area (Å²) >= 11 is 6.14. The van der Waals surface area contributed by atoms with Crippen LogP contribution in [-0.2, 0) is 13.5 Å². The lowest BCUT2D eigenvalue weighted by Gasteiger charge is -2.23. The minimum Gasteiger partial charge on any atom is -0.374 e. The molecule has 6 nitrogen and oxygen atoms in total. The van der Waals surface area contributed by atoms with Gasteiger partial charge in [-0.25, -0.2) is 4.68 Å². The first-order valence-corrected chi connectivity index (χ1v) is 7.91. The lowest BCUT2D eigenvalue weighted by Crippen LogP contribution is -2.23. The van der Waals surface area contributed by atoms with Gasteiger partial charge < -0.3 is 5.32 Å². The minimum absolute atomic E-state index is 0.0650. The summed E-state index contributed by atoms with van der Waals surface area (Å²) < 4.78 is 3.22. The maximum atomic E-state index is 11.9. The molecule has 118 valence electrons. The van der Waals surface area contributed by atoms with Gasteiger partial charge in [-0.3, -0.25) is 9.48 Å². The van der Waals surface area contributed by atoms with E-state index in [1.165, 1.54) is 10.2 Å². The Kier molecular flexibility index (Phi) is 3.95. The van der Waals surface area contributed by atoms with Crippen molar-refractivity contribution in [1.82, 2.24) is 19.6 Å². The van der Waals surface area contributed by atoms with Crippen molar-refractivity contribution in [2.24, 2.45) is 7.05 Å². The summed E-state index contributed by atoms with van der Waals surface area (Å²) in [5, 5.41) is 12.2. The topological polar surface area (TPSA) is 64.7 Å². The average molecular weight is 322 g/mol. The van der Waals surface area contributed by atoms with Crippen LogP contribution in [0, 0.1) is 0 Å². The number of nitrogens with one attached hydrogen (secondary N) is 1. The van der Waals surface area contributed by atoms with Gasteiger partial charge >= 0.3 is 0 Å². The zero-order valence-corrected chi connectivity index (χ0v) is 13.8. The molecule has 1 N–H and O–H groups in total. The normalized spacial score (nSPS) is 17.6. The number of hydrogen-bond acceptors (Lipinski definition) is 4. The number of fused-ring (bicyclic) bond motifs is 1. The van der Waals surface area contributed by atoms with Gasteiger partial charge in [0.2, 0.25) is 0 Å². The molecule has 2 heterocycles. The molecule has 0 amide bonds. The Morgan fingerprint density at radius 2 is 2.23 bits per heavy atom. The zero-order valence-electron chi connectivity index (χ0n) is 13.0. The monoisotopic (exact) mass is 321 g/mol. The Morgan fingerprint density at radius 1 is 1.45 bits per heavy atom. The Hall–Kier alpha value is -1.82. The van der Waals surface area contributed by atoms with Crippen LogP contribution in [-0.4, -0.2) is 19.6 Å². The third-order valence-electron chi connectivity index (χ3n) is 4.05. The van der Waals surface area contributed by atoms with E-state index in [9.17, 15) is 4.79 Å². The first-order valence-electron chi connectivity index (χ1n) is 7.53. The van der Waals surface area contributed by atoms with Crippen molar-refractivity contribution >= 4 is 17.3 Å². The molecule has 0 aromatic carbocycles. The molecular formula is C15H20ClN5O. The minimum atomic E-state index is -0.296. The molecule has 0 bridgehead atoms. The first-order chi connectivity index (χ1) is 10.5. The second-order valence-corrected chi connectivity index (χ2v) is 6.38. The Bertz CT molecular complexity index is 749. The maximum absolute atomic E-state index is 11.9. The number of aryl methyl sites for hydroxylation is 2. The van der Waals surface area contributed by atoms with Crippen molar-refractivity contribution < 1.29 is 0 Å². The highest BCUT2D eigenvalue weighted by Gasteiger charge is 2.25. The number of rotatable bonds is 3. The highest BCUT2D eigenvalue weighted by molar-refractivity contribution is 6.32. The molecule has 2 aromatic rings. The summed E-state index contributed by atoms with van der Waals surface area (Å²) in [4.78, 5) is 11.9. The molecule has 0 fully saturated rings. The van der Waals surface area contributed by atoms with Crippen molar-refractivity contribution in [3.63, 3.8) is 0 Å². The summed E-state index contributed by atoms with van der Waals surface area (Å²) in [6.45, 7) is 4.23. The van der Waals surface area contributed by atoms with Crippen molar-refractivity contribution in [2.75, 3.05) is 5.32 Å². The fourth-order valence-electron chi connectivity index (χ4n) is 2.77. The van der Waals surface area contributed by atoms with Gasteiger partial charge in [0.1, 0.15) is 5.02 Å². The summed E-state index contributed by atoms with van der Waals surface area (Å²) in [6, 6.07) is 0.399. The molecule has 0 aliphatic heterocycles. The van der Waals surface area contributed by atoms with Crippen LogP contribution in [0.1, 0.15) is 50.0 Å². The largest absolute Gasteiger partial charge is 0.374 e. The SMILES string of the molecule is CC(C)n1cc2c(n1)C(Nc1cnn(C)c(=O)c1Cl)CCC2. The number of hydrogen-bond donors (Lipinski definition) is 1. The van der Waals surface area contributed by atoms with Gasteiger partial charge in [0.15, 0.2) is 0 Å². The molecule has 3 rings (SSSR count). The molecule has 0 saturated heterocycles. The smallest absolute Gasteiger partial charge is 0.287 e. The summed E-state index contributed by atoms with van der Waals surface area (Å²) in [6.07, 6.45) is 6.82. The molecule has 1 unspecified atom stereocenters. The first kappa shape index (κ1) is 15.1. The molecule has 0 saturated carbocycles. The van der Waals surface area contributed by atoms with Crippen LogP contribution in [0.4, 0.5) is 5.69 Å². The highest BCUT2D eigenvalue weighted by atomic mass is 35.5. The summed E-state index contributed by atoms with van der Waals surface area (Å²) in [5.74, 6) is 0. The molecule has 1 aliphatic carbocycles. The van der Waals surface area contributed by atoms with E-state index < -0.39 is 0 Å². The standard InChI is InChI=1S/C15H20ClN5O/c1-9(2)21-8-10-5-4-6-11(14(10)19-21)18-12-7-17-20(3)15(22)13(12)16/h7-9,11,18H,4-6H2,1-3H3. The van der Waals surface area contributed by atoms with Gasteiger partial charge in [-0.1, -0.05) is 11.6 Å². The van der Waals surface area contributed by atoms with E-state index in [4.69, 9.17) is 16.7 Å². The lowest BCUT2D eigenvalue weighted by atomic mass is 9.93. The van der Waals surface area contributed by atoms with Gasteiger partial charge in [-0.05, 0) is 38.7 Å². The summed E-state index contributed by atoms with van der Waals surface area (Å²) in [5.41, 5.74) is 2.60. The lowest BCUT2D eigenvalue weighted by molar-refractivity contribution is 0.515. The van der Waals surface area contributed by atoms with E-state index in [0.29, 0.717) is 11.7 Å². The molecule has 22 heavy (non-hydrogen) atoms. The van der Waals surface area contributed by atoms with Gasteiger partial charge in [-0.15, -0.1) is 0 Å². The quantitative estimate of drug-likeness (QED) is 0.944. The second-order valence-electron chi connectivity index (χ2n) is 6.00. The molecule has 7 heteroatoms. The van der Waals surface area contributed by atoms with Crippen LogP contribution in [0.2, 0.25) is 5.02 Å². The van der Waals surface area contributed by atoms with Crippen molar-refractivity contribution in [1.29, 1.82) is 0 Å². The number of halogens is 1. The average Bonchev–Trinajstić information content (AvgIpc) is 2.93. The Balaban J connectivity index is 1.92. The highest BCUT2D eigenvalue weighted by Crippen LogP contribution is 2.33. The molecule has 0 radical (unpaired) electrons. The van der Waals surface area contributed by atoms with E-state index >= 15 is 0 Å². The van der Waals surface area contributed by atoms with Crippen molar-refractivity contribution in [3.8, 4) is 0 Å². The van der Waals surface area contributed by atoms with Crippen LogP contribution in [0.25, 0.3) is 0 Å². The Morgan fingerprint density at radius 3 is 2.95 bits per heavy atom. The van der Waals surface area contributed by atoms with Crippen LogP contribution in [0.3, 0.4) is 0 Å².